The summed E-state index contributed by atoms with van der Waals surface area (Å²) >= 11 is 3.26. The van der Waals surface area contributed by atoms with Crippen LogP contribution in [-0.4, -0.2) is 16.8 Å². The van der Waals surface area contributed by atoms with Crippen molar-refractivity contribution in [2.75, 3.05) is 3.71 Å². The molecule has 0 unspecified atom stereocenters. The van der Waals surface area contributed by atoms with Crippen LogP contribution >= 0.6 is 15.9 Å². The van der Waals surface area contributed by atoms with Crippen LogP contribution in [0.25, 0.3) is 11.0 Å². The standard InChI is InChI=1S/C23H18BrNO6S2/c1-15-3-8-18(9-4-15)32(27,28)25(33(29,30)19-10-5-16(2)6-11-19)17-7-12-22-20(13-17)21(24)14-23(26)31-22/h3-14H,1-2H3. The Bertz CT molecular complexity index is 1550. The van der Waals surface area contributed by atoms with E-state index < -0.39 is 25.7 Å². The number of benzene rings is 3. The lowest BCUT2D eigenvalue weighted by Gasteiger charge is -2.24. The Hall–Kier alpha value is -2.95. The van der Waals surface area contributed by atoms with E-state index in [0.29, 0.717) is 13.6 Å². The smallest absolute Gasteiger partial charge is 0.337 e. The normalized spacial score (nSPS) is 12.1. The van der Waals surface area contributed by atoms with Gasteiger partial charge in [0.2, 0.25) is 0 Å². The number of anilines is 1. The second kappa shape index (κ2) is 8.44. The Labute approximate surface area is 199 Å². The fourth-order valence-electron chi connectivity index (χ4n) is 3.24. The van der Waals surface area contributed by atoms with Gasteiger partial charge in [0, 0.05) is 15.9 Å². The second-order valence-corrected chi connectivity index (χ2v) is 12.1. The summed E-state index contributed by atoms with van der Waals surface area (Å²) in [7, 11) is -9.08. The Kier molecular flexibility index (Phi) is 5.94. The summed E-state index contributed by atoms with van der Waals surface area (Å²) in [4.78, 5) is 11.3. The molecule has 4 aromatic rings. The minimum Gasteiger partial charge on any atom is -0.423 e. The second-order valence-electron chi connectivity index (χ2n) is 7.43. The third-order valence-corrected chi connectivity index (χ3v) is 9.82. The SMILES string of the molecule is Cc1ccc(S(=O)(=O)N(c2ccc3oc(=O)cc(Br)c3c2)S(=O)(=O)c2ccc(C)cc2)cc1. The number of hydrogen-bond donors (Lipinski definition) is 0. The van der Waals surface area contributed by atoms with Gasteiger partial charge in [0.25, 0.3) is 20.0 Å². The summed E-state index contributed by atoms with van der Waals surface area (Å²) in [5, 5.41) is 0.343. The molecule has 0 bridgehead atoms. The Morgan fingerprint density at radius 3 is 1.70 bits per heavy atom. The first-order valence-electron chi connectivity index (χ1n) is 9.67. The van der Waals surface area contributed by atoms with Crippen molar-refractivity contribution in [3.63, 3.8) is 0 Å². The van der Waals surface area contributed by atoms with Gasteiger partial charge in [-0.2, -0.15) is 3.71 Å². The molecule has 0 saturated heterocycles. The molecule has 1 heterocycles. The number of fused-ring (bicyclic) bond motifs is 1. The fourth-order valence-corrected chi connectivity index (χ4v) is 7.42. The predicted molar refractivity (Wildman–Crippen MR) is 129 cm³/mol. The number of halogens is 1. The summed E-state index contributed by atoms with van der Waals surface area (Å²) in [6, 6.07) is 17.0. The van der Waals surface area contributed by atoms with Crippen molar-refractivity contribution in [3.05, 3.63) is 98.8 Å². The largest absolute Gasteiger partial charge is 0.423 e. The number of sulfonamides is 2. The highest BCUT2D eigenvalue weighted by Crippen LogP contribution is 2.34. The van der Waals surface area contributed by atoms with E-state index in [0.717, 1.165) is 11.1 Å². The maximum absolute atomic E-state index is 13.7. The van der Waals surface area contributed by atoms with Gasteiger partial charge in [0.05, 0.1) is 15.5 Å². The monoisotopic (exact) mass is 547 g/mol. The van der Waals surface area contributed by atoms with Crippen molar-refractivity contribution < 1.29 is 21.3 Å². The van der Waals surface area contributed by atoms with Crippen molar-refractivity contribution in [1.29, 1.82) is 0 Å². The van der Waals surface area contributed by atoms with Crippen LogP contribution in [-0.2, 0) is 20.0 Å². The van der Waals surface area contributed by atoms with E-state index in [2.05, 4.69) is 15.9 Å². The van der Waals surface area contributed by atoms with Crippen molar-refractivity contribution in [2.45, 2.75) is 23.6 Å². The summed E-state index contributed by atoms with van der Waals surface area (Å²) in [5.41, 5.74) is 1.10. The van der Waals surface area contributed by atoms with Crippen LogP contribution in [0.15, 0.2) is 96.3 Å². The summed E-state index contributed by atoms with van der Waals surface area (Å²) in [5.74, 6) is 0. The number of nitrogens with zero attached hydrogens (tertiary/aromatic N) is 1. The molecule has 7 nitrogen and oxygen atoms in total. The van der Waals surface area contributed by atoms with E-state index >= 15 is 0 Å². The Morgan fingerprint density at radius 1 is 0.727 bits per heavy atom. The lowest BCUT2D eigenvalue weighted by Crippen LogP contribution is -2.37. The molecule has 3 aromatic carbocycles. The van der Waals surface area contributed by atoms with Crippen LogP contribution in [0.3, 0.4) is 0 Å². The molecule has 0 aliphatic rings. The minimum absolute atomic E-state index is 0.127. The summed E-state index contributed by atoms with van der Waals surface area (Å²) in [6.45, 7) is 3.59. The van der Waals surface area contributed by atoms with Gasteiger partial charge in [0.15, 0.2) is 0 Å². The van der Waals surface area contributed by atoms with Gasteiger partial charge in [-0.1, -0.05) is 35.4 Å². The molecular formula is C23H18BrNO6S2. The summed E-state index contributed by atoms with van der Waals surface area (Å²) < 4.78 is 60.6. The molecule has 0 aliphatic carbocycles. The van der Waals surface area contributed by atoms with Crippen molar-refractivity contribution in [1.82, 2.24) is 0 Å². The van der Waals surface area contributed by atoms with E-state index in [1.807, 2.05) is 0 Å². The van der Waals surface area contributed by atoms with Gasteiger partial charge >= 0.3 is 5.63 Å². The van der Waals surface area contributed by atoms with Crippen LogP contribution in [0.4, 0.5) is 5.69 Å². The first kappa shape index (κ1) is 23.2. The highest BCUT2D eigenvalue weighted by atomic mass is 79.9. The maximum Gasteiger partial charge on any atom is 0.337 e. The lowest BCUT2D eigenvalue weighted by molar-refractivity contribution is 0.560. The Balaban J connectivity index is 2.01. The molecule has 0 aliphatic heterocycles. The van der Waals surface area contributed by atoms with Gasteiger partial charge in [-0.15, -0.1) is 0 Å². The molecule has 0 radical (unpaired) electrons. The molecule has 0 N–H and O–H groups in total. The van der Waals surface area contributed by atoms with Crippen LogP contribution in [0.2, 0.25) is 0 Å². The summed E-state index contributed by atoms with van der Waals surface area (Å²) in [6.07, 6.45) is 0. The highest BCUT2D eigenvalue weighted by Gasteiger charge is 2.37. The van der Waals surface area contributed by atoms with E-state index in [-0.39, 0.29) is 21.1 Å². The fraction of sp³-hybridized carbons (Fsp3) is 0.0870. The third kappa shape index (κ3) is 4.33. The Morgan fingerprint density at radius 2 is 1.21 bits per heavy atom. The number of hydrogen-bond acceptors (Lipinski definition) is 6. The average Bonchev–Trinajstić information content (AvgIpc) is 2.74. The van der Waals surface area contributed by atoms with Gasteiger partial charge in [-0.05, 0) is 72.2 Å². The van der Waals surface area contributed by atoms with Crippen LogP contribution in [0, 0.1) is 13.8 Å². The van der Waals surface area contributed by atoms with E-state index in [1.165, 1.54) is 48.5 Å². The molecule has 0 saturated carbocycles. The zero-order chi connectivity index (χ0) is 24.0. The molecule has 33 heavy (non-hydrogen) atoms. The molecule has 0 amide bonds. The third-order valence-electron chi connectivity index (χ3n) is 4.96. The maximum atomic E-state index is 13.7. The van der Waals surface area contributed by atoms with Crippen molar-refractivity contribution in [3.8, 4) is 0 Å². The predicted octanol–water partition coefficient (Wildman–Crippen LogP) is 4.76. The molecule has 0 fully saturated rings. The molecule has 170 valence electrons. The zero-order valence-corrected chi connectivity index (χ0v) is 20.7. The topological polar surface area (TPSA) is 102 Å². The first-order valence-corrected chi connectivity index (χ1v) is 13.3. The van der Waals surface area contributed by atoms with Crippen LogP contribution < -0.4 is 9.34 Å². The molecular weight excluding hydrogens is 530 g/mol. The highest BCUT2D eigenvalue weighted by molar-refractivity contribution is 9.10. The molecule has 0 atom stereocenters. The average molecular weight is 548 g/mol. The molecule has 4 rings (SSSR count). The van der Waals surface area contributed by atoms with Gasteiger partial charge in [-0.3, -0.25) is 0 Å². The van der Waals surface area contributed by atoms with Crippen LogP contribution in [0.5, 0.6) is 0 Å². The van der Waals surface area contributed by atoms with Crippen molar-refractivity contribution >= 4 is 52.6 Å². The van der Waals surface area contributed by atoms with Crippen LogP contribution in [0.1, 0.15) is 11.1 Å². The molecule has 0 spiro atoms. The number of aryl methyl sites for hydroxylation is 2. The first-order chi connectivity index (χ1) is 15.5. The zero-order valence-electron chi connectivity index (χ0n) is 17.5. The lowest BCUT2D eigenvalue weighted by atomic mass is 10.2. The molecule has 10 heteroatoms. The van der Waals surface area contributed by atoms with Gasteiger partial charge in [-0.25, -0.2) is 21.6 Å². The van der Waals surface area contributed by atoms with E-state index in [1.54, 1.807) is 38.1 Å². The molecule has 1 aromatic heterocycles. The van der Waals surface area contributed by atoms with E-state index in [4.69, 9.17) is 4.42 Å². The van der Waals surface area contributed by atoms with Gasteiger partial charge in [0.1, 0.15) is 5.58 Å². The van der Waals surface area contributed by atoms with E-state index in [9.17, 15) is 21.6 Å². The quantitative estimate of drug-likeness (QED) is 0.334. The minimum atomic E-state index is -4.54. The number of rotatable bonds is 5. The van der Waals surface area contributed by atoms with Crippen molar-refractivity contribution in [2.24, 2.45) is 0 Å². The van der Waals surface area contributed by atoms with Gasteiger partial charge < -0.3 is 4.42 Å².